The highest BCUT2D eigenvalue weighted by molar-refractivity contribution is 5.93. The van der Waals surface area contributed by atoms with E-state index in [-0.39, 0.29) is 12.5 Å². The van der Waals surface area contributed by atoms with Crippen molar-refractivity contribution in [3.8, 4) is 11.1 Å². The molecule has 3 heterocycles. The maximum Gasteiger partial charge on any atom is 0.390 e. The molecule has 3 N–H and O–H groups in total. The van der Waals surface area contributed by atoms with Gasteiger partial charge in [0.15, 0.2) is 0 Å². The fourth-order valence-corrected chi connectivity index (χ4v) is 3.46. The van der Waals surface area contributed by atoms with Crippen LogP contribution >= 0.6 is 0 Å². The molecule has 0 saturated carbocycles. The Morgan fingerprint density at radius 2 is 1.86 bits per heavy atom. The number of benzene rings is 1. The number of aromatic amines is 1. The summed E-state index contributed by atoms with van der Waals surface area (Å²) in [6.45, 7) is 4.85. The summed E-state index contributed by atoms with van der Waals surface area (Å²) < 4.78 is 36.8. The molecule has 29 heavy (non-hydrogen) atoms. The first kappa shape index (κ1) is 19.7. The topological polar surface area (TPSA) is 68.9 Å². The normalized spacial score (nSPS) is 15.7. The molecule has 0 atom stereocenters. The molecule has 0 bridgehead atoms. The Hall–Kier alpha value is -2.65. The van der Waals surface area contributed by atoms with E-state index in [1.807, 2.05) is 6.20 Å². The molecule has 154 valence electrons. The van der Waals surface area contributed by atoms with Crippen LogP contribution in [-0.4, -0.2) is 58.8 Å². The van der Waals surface area contributed by atoms with Crippen molar-refractivity contribution in [3.05, 3.63) is 42.2 Å². The van der Waals surface area contributed by atoms with Crippen molar-refractivity contribution in [2.75, 3.05) is 38.0 Å². The Labute approximate surface area is 166 Å². The van der Waals surface area contributed by atoms with Gasteiger partial charge in [0.2, 0.25) is 5.95 Å². The monoisotopic (exact) mass is 404 g/mol. The molecule has 6 nitrogen and oxygen atoms in total. The highest BCUT2D eigenvalue weighted by Crippen LogP contribution is 2.28. The number of hydrogen-bond acceptors (Lipinski definition) is 5. The van der Waals surface area contributed by atoms with Crippen LogP contribution in [0.25, 0.3) is 22.2 Å². The van der Waals surface area contributed by atoms with E-state index in [4.69, 9.17) is 0 Å². The van der Waals surface area contributed by atoms with E-state index in [9.17, 15) is 13.2 Å². The lowest BCUT2D eigenvalue weighted by Gasteiger charge is -2.27. The smallest absolute Gasteiger partial charge is 0.354 e. The summed E-state index contributed by atoms with van der Waals surface area (Å²) in [5, 5.41) is 6.81. The van der Waals surface area contributed by atoms with Crippen molar-refractivity contribution in [3.63, 3.8) is 0 Å². The van der Waals surface area contributed by atoms with Gasteiger partial charge < -0.3 is 15.6 Å². The molecule has 0 aliphatic carbocycles. The van der Waals surface area contributed by atoms with Gasteiger partial charge in [-0.15, -0.1) is 0 Å². The molecule has 0 amide bonds. The lowest BCUT2D eigenvalue weighted by molar-refractivity contribution is -0.131. The molecule has 4 rings (SSSR count). The fourth-order valence-electron chi connectivity index (χ4n) is 3.46. The van der Waals surface area contributed by atoms with Crippen LogP contribution in [0, 0.1) is 0 Å². The summed E-state index contributed by atoms with van der Waals surface area (Å²) in [6, 6.07) is 8.42. The number of alkyl halides is 3. The highest BCUT2D eigenvalue weighted by atomic mass is 19.4. The van der Waals surface area contributed by atoms with E-state index in [2.05, 4.69) is 54.8 Å². The second-order valence-corrected chi connectivity index (χ2v) is 7.17. The Morgan fingerprint density at radius 1 is 1.10 bits per heavy atom. The number of rotatable bonds is 6. The van der Waals surface area contributed by atoms with Crippen LogP contribution in [0.5, 0.6) is 0 Å². The van der Waals surface area contributed by atoms with Crippen LogP contribution in [-0.2, 0) is 6.54 Å². The second-order valence-electron chi connectivity index (χ2n) is 7.17. The van der Waals surface area contributed by atoms with Crippen molar-refractivity contribution in [2.45, 2.75) is 19.1 Å². The van der Waals surface area contributed by atoms with Gasteiger partial charge in [0.1, 0.15) is 5.65 Å². The summed E-state index contributed by atoms with van der Waals surface area (Å²) in [5.74, 6) is 0.182. The van der Waals surface area contributed by atoms with Gasteiger partial charge in [0.05, 0.1) is 6.42 Å². The molecule has 0 unspecified atom stereocenters. The van der Waals surface area contributed by atoms with Crippen LogP contribution in [0.15, 0.2) is 36.7 Å². The minimum atomic E-state index is -4.20. The second kappa shape index (κ2) is 8.38. The quantitative estimate of drug-likeness (QED) is 0.588. The van der Waals surface area contributed by atoms with E-state index >= 15 is 0 Å². The maximum absolute atomic E-state index is 12.3. The number of anilines is 1. The number of H-pyrrole nitrogens is 1. The molecular formula is C20H23F3N6. The molecule has 0 spiro atoms. The molecule has 0 radical (unpaired) electrons. The highest BCUT2D eigenvalue weighted by Gasteiger charge is 2.26. The molecule has 2 aromatic heterocycles. The predicted octanol–water partition coefficient (Wildman–Crippen LogP) is 3.39. The van der Waals surface area contributed by atoms with Gasteiger partial charge in [-0.25, -0.2) is 4.98 Å². The van der Waals surface area contributed by atoms with Crippen molar-refractivity contribution in [2.24, 2.45) is 0 Å². The lowest BCUT2D eigenvalue weighted by atomic mass is 10.0. The summed E-state index contributed by atoms with van der Waals surface area (Å²) in [6.07, 6.45) is -1.64. The van der Waals surface area contributed by atoms with Gasteiger partial charge in [-0.05, 0) is 11.1 Å². The molecule has 1 saturated heterocycles. The van der Waals surface area contributed by atoms with Crippen LogP contribution in [0.1, 0.15) is 12.0 Å². The summed E-state index contributed by atoms with van der Waals surface area (Å²) in [4.78, 5) is 14.0. The number of piperazine rings is 1. The average Bonchev–Trinajstić information content (AvgIpc) is 3.12. The minimum Gasteiger partial charge on any atom is -0.354 e. The molecule has 1 aliphatic heterocycles. The first-order chi connectivity index (χ1) is 14.0. The SMILES string of the molecule is FC(F)(F)CCNc1ncc2c(-c3ccc(CN4CCNCC4)cc3)c[nH]c2n1. The largest absolute Gasteiger partial charge is 0.390 e. The van der Waals surface area contributed by atoms with Crippen molar-refractivity contribution >= 4 is 17.0 Å². The maximum atomic E-state index is 12.3. The third-order valence-electron chi connectivity index (χ3n) is 5.00. The van der Waals surface area contributed by atoms with Gasteiger partial charge in [-0.2, -0.15) is 18.2 Å². The van der Waals surface area contributed by atoms with Crippen molar-refractivity contribution < 1.29 is 13.2 Å². The van der Waals surface area contributed by atoms with E-state index < -0.39 is 12.6 Å². The van der Waals surface area contributed by atoms with E-state index in [1.165, 1.54) is 5.56 Å². The molecule has 9 heteroatoms. The van der Waals surface area contributed by atoms with Crippen molar-refractivity contribution in [1.29, 1.82) is 0 Å². The molecule has 1 aliphatic rings. The first-order valence-electron chi connectivity index (χ1n) is 9.65. The number of nitrogens with one attached hydrogen (secondary N) is 3. The standard InChI is InChI=1S/C20H23F3N6/c21-20(22,23)5-6-25-19-27-12-17-16(11-26-18(17)28-19)15-3-1-14(2-4-15)13-29-9-7-24-8-10-29/h1-4,11-12,24H,5-10,13H2,(H2,25,26,27,28). The van der Waals surface area contributed by atoms with Gasteiger partial charge in [-0.1, -0.05) is 24.3 Å². The Balaban J connectivity index is 1.44. The average molecular weight is 404 g/mol. The zero-order valence-electron chi connectivity index (χ0n) is 15.9. The van der Waals surface area contributed by atoms with Crippen LogP contribution in [0.4, 0.5) is 19.1 Å². The minimum absolute atomic E-state index is 0.182. The predicted molar refractivity (Wildman–Crippen MR) is 107 cm³/mol. The number of aromatic nitrogens is 3. The number of nitrogens with zero attached hydrogens (tertiary/aromatic N) is 3. The number of hydrogen-bond donors (Lipinski definition) is 3. The van der Waals surface area contributed by atoms with Gasteiger partial charge >= 0.3 is 6.18 Å². The zero-order valence-corrected chi connectivity index (χ0v) is 15.9. The lowest BCUT2D eigenvalue weighted by Crippen LogP contribution is -2.42. The van der Waals surface area contributed by atoms with Gasteiger partial charge in [0, 0.05) is 62.6 Å². The van der Waals surface area contributed by atoms with Crippen molar-refractivity contribution in [1.82, 2.24) is 25.2 Å². The summed E-state index contributed by atoms with van der Waals surface area (Å²) in [5.41, 5.74) is 3.87. The molecular weight excluding hydrogens is 381 g/mol. The zero-order chi connectivity index (χ0) is 20.3. The Morgan fingerprint density at radius 3 is 2.59 bits per heavy atom. The van der Waals surface area contributed by atoms with Crippen LogP contribution in [0.3, 0.4) is 0 Å². The number of halogens is 3. The molecule has 3 aromatic rings. The van der Waals surface area contributed by atoms with Gasteiger partial charge in [-0.3, -0.25) is 4.90 Å². The van der Waals surface area contributed by atoms with Crippen LogP contribution < -0.4 is 10.6 Å². The van der Waals surface area contributed by atoms with E-state index in [0.29, 0.717) is 5.65 Å². The van der Waals surface area contributed by atoms with Gasteiger partial charge in [0.25, 0.3) is 0 Å². The summed E-state index contributed by atoms with van der Waals surface area (Å²) >= 11 is 0. The molecule has 1 fully saturated rings. The number of fused-ring (bicyclic) bond motifs is 1. The Kier molecular flexibility index (Phi) is 5.68. The molecule has 1 aromatic carbocycles. The van der Waals surface area contributed by atoms with Crippen LogP contribution in [0.2, 0.25) is 0 Å². The Bertz CT molecular complexity index is 945. The van der Waals surface area contributed by atoms with E-state index in [0.717, 1.165) is 49.2 Å². The third-order valence-corrected chi connectivity index (χ3v) is 5.00. The van der Waals surface area contributed by atoms with E-state index in [1.54, 1.807) is 6.20 Å². The summed E-state index contributed by atoms with van der Waals surface area (Å²) in [7, 11) is 0. The third kappa shape index (κ3) is 5.04. The fraction of sp³-hybridized carbons (Fsp3) is 0.400. The first-order valence-corrected chi connectivity index (χ1v) is 9.65.